The van der Waals surface area contributed by atoms with Crippen molar-refractivity contribution < 1.29 is 24.2 Å². The number of carbonyl (C=O) groups is 2. The summed E-state index contributed by atoms with van der Waals surface area (Å²) in [4.78, 5) is 28.1. The molecule has 1 fully saturated rings. The molecule has 202 valence electrons. The number of nitrogens with one attached hydrogen (secondary N) is 1. The molecule has 2 aromatic rings. The highest BCUT2D eigenvalue weighted by atomic mass is 16.5. The van der Waals surface area contributed by atoms with Gasteiger partial charge in [0.2, 0.25) is 0 Å². The van der Waals surface area contributed by atoms with Crippen LogP contribution < -0.4 is 10.1 Å². The molecule has 1 atom stereocenters. The van der Waals surface area contributed by atoms with E-state index in [1.54, 1.807) is 19.2 Å². The number of phenols is 1. The highest BCUT2D eigenvalue weighted by Gasteiger charge is 2.35. The van der Waals surface area contributed by atoms with E-state index in [0.29, 0.717) is 24.2 Å². The predicted octanol–water partition coefficient (Wildman–Crippen LogP) is 5.00. The number of aromatic hydroxyl groups is 1. The fourth-order valence-corrected chi connectivity index (χ4v) is 5.30. The fourth-order valence-electron chi connectivity index (χ4n) is 5.30. The maximum absolute atomic E-state index is 13.0. The van der Waals surface area contributed by atoms with Crippen LogP contribution in [0.3, 0.4) is 0 Å². The number of esters is 1. The summed E-state index contributed by atoms with van der Waals surface area (Å²) in [6.45, 7) is 5.71. The van der Waals surface area contributed by atoms with Crippen molar-refractivity contribution in [1.29, 1.82) is 0 Å². The molecule has 38 heavy (non-hydrogen) atoms. The molecule has 0 bridgehead atoms. The first-order valence-corrected chi connectivity index (χ1v) is 13.2. The zero-order valence-electron chi connectivity index (χ0n) is 22.8. The van der Waals surface area contributed by atoms with Crippen LogP contribution in [-0.2, 0) is 14.3 Å². The summed E-state index contributed by atoms with van der Waals surface area (Å²) >= 11 is 0. The molecule has 2 aromatic carbocycles. The van der Waals surface area contributed by atoms with Crippen molar-refractivity contribution in [3.8, 4) is 11.5 Å². The third kappa shape index (κ3) is 6.64. The molecule has 0 spiro atoms. The number of allylic oxidation sites excluding steroid dienone is 3. The number of carbonyl (C=O) groups excluding carboxylic acids is 2. The van der Waals surface area contributed by atoms with Gasteiger partial charge < -0.3 is 24.8 Å². The molecule has 7 nitrogen and oxygen atoms in total. The summed E-state index contributed by atoms with van der Waals surface area (Å²) in [5.74, 6) is 1.02. The Hall–Kier alpha value is -3.58. The molecular weight excluding hydrogens is 480 g/mol. The number of ether oxygens (including phenoxy) is 2. The number of nitrogens with zero attached hydrogens (tertiary/aromatic N) is 1. The second-order valence-corrected chi connectivity index (χ2v) is 10.4. The summed E-state index contributed by atoms with van der Waals surface area (Å²) in [6.07, 6.45) is 3.19. The van der Waals surface area contributed by atoms with Gasteiger partial charge in [0.1, 0.15) is 17.6 Å². The standard InChI is InChI=1S/C24H30N2O4.C7H8O/c1-15-19(24(28)30-17-8-10-26(2)11-9-17)14-20-21(25-15)12-16(13-22(20)27)18-6-4-5-7-23(18)29-3;1-6-3-2-4-7(8)5-6/h4-7,16-17,25H,8-14H2,1-3H3;2-5,8H,1H3/t16-;/m1./s1. The lowest BCUT2D eigenvalue weighted by atomic mass is 9.78. The number of hydrogen-bond acceptors (Lipinski definition) is 7. The lowest BCUT2D eigenvalue weighted by Crippen LogP contribution is -2.36. The monoisotopic (exact) mass is 518 g/mol. The maximum Gasteiger partial charge on any atom is 0.336 e. The van der Waals surface area contributed by atoms with Gasteiger partial charge in [-0.15, -0.1) is 0 Å². The normalized spacial score (nSPS) is 20.2. The fraction of sp³-hybridized carbons (Fsp3) is 0.419. The number of para-hydroxylation sites is 1. The number of hydrogen-bond donors (Lipinski definition) is 2. The lowest BCUT2D eigenvalue weighted by molar-refractivity contribution is -0.146. The smallest absolute Gasteiger partial charge is 0.336 e. The maximum atomic E-state index is 13.0. The number of methoxy groups -OCH3 is 1. The average molecular weight is 519 g/mol. The first-order chi connectivity index (χ1) is 18.2. The van der Waals surface area contributed by atoms with E-state index in [9.17, 15) is 9.59 Å². The Morgan fingerprint density at radius 2 is 1.79 bits per heavy atom. The molecule has 1 aliphatic carbocycles. The van der Waals surface area contributed by atoms with Crippen molar-refractivity contribution >= 4 is 11.8 Å². The molecule has 0 amide bonds. The van der Waals surface area contributed by atoms with Crippen LogP contribution in [0.5, 0.6) is 11.5 Å². The second-order valence-electron chi connectivity index (χ2n) is 10.4. The number of rotatable bonds is 4. The molecule has 7 heteroatoms. The molecular formula is C31H38N2O5. The summed E-state index contributed by atoms with van der Waals surface area (Å²) in [5, 5.41) is 12.2. The third-order valence-corrected chi connectivity index (χ3v) is 7.49. The van der Waals surface area contributed by atoms with Gasteiger partial charge in [-0.25, -0.2) is 4.79 Å². The molecule has 2 heterocycles. The molecule has 2 aliphatic heterocycles. The van der Waals surface area contributed by atoms with Gasteiger partial charge >= 0.3 is 5.97 Å². The molecule has 3 aliphatic rings. The average Bonchev–Trinajstić information content (AvgIpc) is 2.89. The number of benzene rings is 2. The number of phenolic OH excluding ortho intramolecular Hbond substituents is 1. The number of piperidine rings is 1. The Kier molecular flexibility index (Phi) is 8.89. The number of dihydropyridines is 1. The van der Waals surface area contributed by atoms with Crippen molar-refractivity contribution in [2.24, 2.45) is 0 Å². The van der Waals surface area contributed by atoms with E-state index in [4.69, 9.17) is 14.6 Å². The first kappa shape index (κ1) is 27.5. The van der Waals surface area contributed by atoms with E-state index < -0.39 is 0 Å². The molecule has 0 unspecified atom stereocenters. The van der Waals surface area contributed by atoms with Gasteiger partial charge in [-0.05, 0) is 69.5 Å². The Balaban J connectivity index is 0.000000360. The lowest BCUT2D eigenvalue weighted by Gasteiger charge is -2.33. The number of likely N-dealkylation sites (tertiary alicyclic amines) is 1. The van der Waals surface area contributed by atoms with Crippen LogP contribution in [0, 0.1) is 6.92 Å². The Morgan fingerprint density at radius 1 is 1.05 bits per heavy atom. The summed E-state index contributed by atoms with van der Waals surface area (Å²) in [5.41, 5.74) is 5.16. The number of Topliss-reactive ketones (excluding diaryl/α,β-unsaturated/α-hetero) is 1. The zero-order chi connectivity index (χ0) is 27.2. The van der Waals surface area contributed by atoms with Gasteiger partial charge in [0, 0.05) is 48.8 Å². The van der Waals surface area contributed by atoms with Gasteiger partial charge in [0.15, 0.2) is 5.78 Å². The topological polar surface area (TPSA) is 88.1 Å². The molecule has 0 aromatic heterocycles. The molecule has 1 saturated heterocycles. The van der Waals surface area contributed by atoms with E-state index in [1.807, 2.05) is 50.2 Å². The largest absolute Gasteiger partial charge is 0.508 e. The number of ketones is 1. The molecule has 0 radical (unpaired) electrons. The molecule has 0 saturated carbocycles. The second kappa shape index (κ2) is 12.3. The quantitative estimate of drug-likeness (QED) is 0.551. The van der Waals surface area contributed by atoms with Crippen LogP contribution in [0.1, 0.15) is 56.1 Å². The predicted molar refractivity (Wildman–Crippen MR) is 147 cm³/mol. The minimum atomic E-state index is -0.291. The minimum Gasteiger partial charge on any atom is -0.508 e. The van der Waals surface area contributed by atoms with Gasteiger partial charge in [0.05, 0.1) is 12.7 Å². The summed E-state index contributed by atoms with van der Waals surface area (Å²) in [6, 6.07) is 15.0. The van der Waals surface area contributed by atoms with Gasteiger partial charge in [-0.1, -0.05) is 30.3 Å². The van der Waals surface area contributed by atoms with E-state index in [1.165, 1.54) is 0 Å². The molecule has 5 rings (SSSR count). The summed E-state index contributed by atoms with van der Waals surface area (Å²) in [7, 11) is 3.74. The third-order valence-electron chi connectivity index (χ3n) is 7.49. The van der Waals surface area contributed by atoms with Crippen molar-refractivity contribution in [3.05, 3.63) is 82.2 Å². The summed E-state index contributed by atoms with van der Waals surface area (Å²) < 4.78 is 11.3. The van der Waals surface area contributed by atoms with Gasteiger partial charge in [0.25, 0.3) is 0 Å². The van der Waals surface area contributed by atoms with Crippen molar-refractivity contribution in [1.82, 2.24) is 10.2 Å². The van der Waals surface area contributed by atoms with Crippen LogP contribution in [0.2, 0.25) is 0 Å². The van der Waals surface area contributed by atoms with Crippen LogP contribution in [0.4, 0.5) is 0 Å². The van der Waals surface area contributed by atoms with E-state index in [-0.39, 0.29) is 23.8 Å². The van der Waals surface area contributed by atoms with Crippen LogP contribution in [0.15, 0.2) is 71.1 Å². The van der Waals surface area contributed by atoms with E-state index in [0.717, 1.165) is 66.2 Å². The Morgan fingerprint density at radius 3 is 2.45 bits per heavy atom. The van der Waals surface area contributed by atoms with Crippen molar-refractivity contribution in [2.45, 2.75) is 58.0 Å². The van der Waals surface area contributed by atoms with Crippen LogP contribution >= 0.6 is 0 Å². The van der Waals surface area contributed by atoms with Gasteiger partial charge in [-0.2, -0.15) is 0 Å². The number of aryl methyl sites for hydroxylation is 1. The van der Waals surface area contributed by atoms with Gasteiger partial charge in [-0.3, -0.25) is 4.79 Å². The van der Waals surface area contributed by atoms with Crippen molar-refractivity contribution in [2.75, 3.05) is 27.2 Å². The minimum absolute atomic E-state index is 0.0404. The zero-order valence-corrected chi connectivity index (χ0v) is 22.8. The Labute approximate surface area is 225 Å². The van der Waals surface area contributed by atoms with Crippen LogP contribution in [0.25, 0.3) is 0 Å². The highest BCUT2D eigenvalue weighted by Crippen LogP contribution is 2.41. The van der Waals surface area contributed by atoms with Crippen LogP contribution in [-0.4, -0.2) is 55.1 Å². The molecule has 2 N–H and O–H groups in total. The highest BCUT2D eigenvalue weighted by molar-refractivity contribution is 6.01. The van der Waals surface area contributed by atoms with E-state index in [2.05, 4.69) is 17.3 Å². The first-order valence-electron chi connectivity index (χ1n) is 13.2. The Bertz CT molecular complexity index is 1220. The SMILES string of the molecule is COc1ccccc1[C@H]1CC(=O)C2=C(C1)NC(C)=C(C(=O)OC1CCN(C)CC1)C2.Cc1cccc(O)c1. The van der Waals surface area contributed by atoms with E-state index >= 15 is 0 Å². The van der Waals surface area contributed by atoms with Crippen molar-refractivity contribution in [3.63, 3.8) is 0 Å².